The van der Waals surface area contributed by atoms with Crippen molar-refractivity contribution in [2.75, 3.05) is 0 Å². The molecule has 0 radical (unpaired) electrons. The molecule has 0 aliphatic rings. The minimum Gasteiger partial charge on any atom is -0.364 e. The lowest BCUT2D eigenvalue weighted by Crippen LogP contribution is -1.95. The first kappa shape index (κ1) is 11.7. The van der Waals surface area contributed by atoms with E-state index in [2.05, 4.69) is 0 Å². The first-order valence-corrected chi connectivity index (χ1v) is 4.99. The van der Waals surface area contributed by atoms with E-state index < -0.39 is 17.9 Å². The van der Waals surface area contributed by atoms with Gasteiger partial charge in [0.05, 0.1) is 0 Å². The van der Waals surface area contributed by atoms with Crippen LogP contribution in [0.5, 0.6) is 0 Å². The van der Waals surface area contributed by atoms with E-state index in [0.29, 0.717) is 5.56 Å². The fourth-order valence-electron chi connectivity index (χ4n) is 1.59. The molecule has 17 heavy (non-hydrogen) atoms. The maximum absolute atomic E-state index is 13.5. The molecule has 0 heterocycles. The quantitative estimate of drug-likeness (QED) is 0.787. The molecule has 0 saturated carbocycles. The van der Waals surface area contributed by atoms with Crippen molar-refractivity contribution in [1.82, 2.24) is 0 Å². The zero-order valence-corrected chi connectivity index (χ0v) is 8.77. The highest BCUT2D eigenvalue weighted by molar-refractivity contribution is 5.64. The molecule has 2 aromatic rings. The van der Waals surface area contributed by atoms with Crippen LogP contribution in [-0.4, -0.2) is 10.2 Å². The second kappa shape index (κ2) is 4.61. The fourth-order valence-corrected chi connectivity index (χ4v) is 1.59. The molecule has 0 unspecified atom stereocenters. The van der Waals surface area contributed by atoms with Crippen LogP contribution in [0.15, 0.2) is 42.5 Å². The normalized spacial score (nSPS) is 10.9. The zero-order valence-electron chi connectivity index (χ0n) is 8.77. The highest BCUT2D eigenvalue weighted by atomic mass is 19.1. The first-order valence-electron chi connectivity index (χ1n) is 4.99. The maximum Gasteiger partial charge on any atom is 0.178 e. The predicted octanol–water partition coefficient (Wildman–Crippen LogP) is 2.62. The molecule has 0 bridgehead atoms. The molecular formula is C13H10F2O2. The van der Waals surface area contributed by atoms with Crippen molar-refractivity contribution in [3.63, 3.8) is 0 Å². The van der Waals surface area contributed by atoms with Gasteiger partial charge in [-0.2, -0.15) is 0 Å². The largest absolute Gasteiger partial charge is 0.364 e. The van der Waals surface area contributed by atoms with Gasteiger partial charge in [0.1, 0.15) is 11.6 Å². The minimum atomic E-state index is -1.61. The van der Waals surface area contributed by atoms with E-state index in [1.807, 2.05) is 0 Å². The van der Waals surface area contributed by atoms with Crippen LogP contribution in [0.1, 0.15) is 11.9 Å². The van der Waals surface area contributed by atoms with Gasteiger partial charge in [0.15, 0.2) is 6.29 Å². The third-order valence-corrected chi connectivity index (χ3v) is 2.43. The summed E-state index contributed by atoms with van der Waals surface area (Å²) in [5, 5.41) is 18.0. The SMILES string of the molecule is OC(O)c1cccc(-c2ccc(F)cc2F)c1. The Morgan fingerprint density at radius 2 is 1.71 bits per heavy atom. The van der Waals surface area contributed by atoms with Crippen LogP contribution in [0.4, 0.5) is 8.78 Å². The predicted molar refractivity (Wildman–Crippen MR) is 59.0 cm³/mol. The topological polar surface area (TPSA) is 40.5 Å². The lowest BCUT2D eigenvalue weighted by Gasteiger charge is -2.08. The maximum atomic E-state index is 13.5. The lowest BCUT2D eigenvalue weighted by atomic mass is 10.0. The van der Waals surface area contributed by atoms with E-state index >= 15 is 0 Å². The summed E-state index contributed by atoms with van der Waals surface area (Å²) in [6.45, 7) is 0. The zero-order chi connectivity index (χ0) is 12.4. The van der Waals surface area contributed by atoms with E-state index in [1.54, 1.807) is 12.1 Å². The van der Waals surface area contributed by atoms with Crippen LogP contribution >= 0.6 is 0 Å². The average molecular weight is 236 g/mol. The average Bonchev–Trinajstić information content (AvgIpc) is 2.29. The number of benzene rings is 2. The Hall–Kier alpha value is -1.78. The molecule has 2 aromatic carbocycles. The molecule has 0 aromatic heterocycles. The van der Waals surface area contributed by atoms with Crippen molar-refractivity contribution in [3.05, 3.63) is 59.7 Å². The summed E-state index contributed by atoms with van der Waals surface area (Å²) in [5.74, 6) is -1.33. The second-order valence-electron chi connectivity index (χ2n) is 3.62. The Morgan fingerprint density at radius 3 is 2.35 bits per heavy atom. The molecular weight excluding hydrogens is 226 g/mol. The van der Waals surface area contributed by atoms with E-state index in [4.69, 9.17) is 10.2 Å². The first-order chi connectivity index (χ1) is 8.08. The van der Waals surface area contributed by atoms with Gasteiger partial charge in [-0.3, -0.25) is 0 Å². The molecule has 0 aliphatic heterocycles. The van der Waals surface area contributed by atoms with Gasteiger partial charge in [-0.25, -0.2) is 8.78 Å². The third kappa shape index (κ3) is 2.49. The number of hydrogen-bond acceptors (Lipinski definition) is 2. The standard InChI is InChI=1S/C13H10F2O2/c14-10-4-5-11(12(15)7-10)8-2-1-3-9(6-8)13(16)17/h1-7,13,16-17H. The molecule has 2 nitrogen and oxygen atoms in total. The number of hydrogen-bond donors (Lipinski definition) is 2. The molecule has 0 aliphatic carbocycles. The fraction of sp³-hybridized carbons (Fsp3) is 0.0769. The van der Waals surface area contributed by atoms with Crippen molar-refractivity contribution >= 4 is 0 Å². The van der Waals surface area contributed by atoms with E-state index in [9.17, 15) is 8.78 Å². The highest BCUT2D eigenvalue weighted by Crippen LogP contribution is 2.25. The summed E-state index contributed by atoms with van der Waals surface area (Å²) < 4.78 is 26.3. The summed E-state index contributed by atoms with van der Waals surface area (Å²) >= 11 is 0. The van der Waals surface area contributed by atoms with Crippen LogP contribution in [0.25, 0.3) is 11.1 Å². The molecule has 0 atom stereocenters. The molecule has 2 rings (SSSR count). The Morgan fingerprint density at radius 1 is 0.941 bits per heavy atom. The van der Waals surface area contributed by atoms with E-state index in [0.717, 1.165) is 12.1 Å². The second-order valence-corrected chi connectivity index (χ2v) is 3.62. The third-order valence-electron chi connectivity index (χ3n) is 2.43. The van der Waals surface area contributed by atoms with Gasteiger partial charge in [0.2, 0.25) is 0 Å². The van der Waals surface area contributed by atoms with Gasteiger partial charge in [-0.05, 0) is 23.8 Å². The summed E-state index contributed by atoms with van der Waals surface area (Å²) in [7, 11) is 0. The minimum absolute atomic E-state index is 0.217. The lowest BCUT2D eigenvalue weighted by molar-refractivity contribution is -0.0424. The Balaban J connectivity index is 2.49. The summed E-state index contributed by atoms with van der Waals surface area (Å²) in [4.78, 5) is 0. The van der Waals surface area contributed by atoms with Gasteiger partial charge < -0.3 is 10.2 Å². The molecule has 88 valence electrons. The number of aliphatic hydroxyl groups excluding tert-OH is 1. The molecule has 0 spiro atoms. The molecule has 0 fully saturated rings. The van der Waals surface area contributed by atoms with Crippen molar-refractivity contribution in [2.45, 2.75) is 6.29 Å². The monoisotopic (exact) mass is 236 g/mol. The van der Waals surface area contributed by atoms with Crippen LogP contribution in [-0.2, 0) is 0 Å². The highest BCUT2D eigenvalue weighted by Gasteiger charge is 2.08. The number of rotatable bonds is 2. The Kier molecular flexibility index (Phi) is 3.17. The van der Waals surface area contributed by atoms with Crippen LogP contribution in [0, 0.1) is 11.6 Å². The Bertz CT molecular complexity index is 539. The number of halogens is 2. The summed E-state index contributed by atoms with van der Waals surface area (Å²) in [5.41, 5.74) is 0.938. The molecule has 2 N–H and O–H groups in total. The van der Waals surface area contributed by atoms with Crippen molar-refractivity contribution in [3.8, 4) is 11.1 Å². The van der Waals surface area contributed by atoms with Crippen LogP contribution in [0.3, 0.4) is 0 Å². The summed E-state index contributed by atoms with van der Waals surface area (Å²) in [6, 6.07) is 9.40. The van der Waals surface area contributed by atoms with Gasteiger partial charge in [-0.1, -0.05) is 18.2 Å². The van der Waals surface area contributed by atoms with Gasteiger partial charge in [-0.15, -0.1) is 0 Å². The van der Waals surface area contributed by atoms with Crippen molar-refractivity contribution in [2.24, 2.45) is 0 Å². The Labute approximate surface area is 96.8 Å². The van der Waals surface area contributed by atoms with Gasteiger partial charge >= 0.3 is 0 Å². The van der Waals surface area contributed by atoms with Crippen molar-refractivity contribution < 1.29 is 19.0 Å². The van der Waals surface area contributed by atoms with E-state index in [1.165, 1.54) is 18.2 Å². The van der Waals surface area contributed by atoms with Gasteiger partial charge in [0.25, 0.3) is 0 Å². The smallest absolute Gasteiger partial charge is 0.178 e. The van der Waals surface area contributed by atoms with Crippen LogP contribution < -0.4 is 0 Å². The number of aliphatic hydroxyl groups is 2. The molecule has 0 amide bonds. The van der Waals surface area contributed by atoms with Gasteiger partial charge in [0, 0.05) is 17.2 Å². The summed E-state index contributed by atoms with van der Waals surface area (Å²) in [6.07, 6.45) is -1.61. The van der Waals surface area contributed by atoms with Crippen molar-refractivity contribution in [1.29, 1.82) is 0 Å². The molecule has 4 heteroatoms. The molecule has 0 saturated heterocycles. The van der Waals surface area contributed by atoms with E-state index in [-0.39, 0.29) is 11.1 Å². The van der Waals surface area contributed by atoms with Crippen LogP contribution in [0.2, 0.25) is 0 Å².